The molecule has 0 aromatic heterocycles. The molecule has 2 aromatic rings. The molecule has 1 aliphatic rings. The average molecular weight is 412 g/mol. The van der Waals surface area contributed by atoms with Crippen molar-refractivity contribution in [1.29, 1.82) is 0 Å². The fourth-order valence-corrected chi connectivity index (χ4v) is 3.27. The van der Waals surface area contributed by atoms with Gasteiger partial charge in [-0.25, -0.2) is 4.79 Å². The van der Waals surface area contributed by atoms with E-state index in [2.05, 4.69) is 21.5 Å². The van der Waals surface area contributed by atoms with E-state index in [-0.39, 0.29) is 17.9 Å². The number of hydrazine groups is 1. The van der Waals surface area contributed by atoms with Gasteiger partial charge < -0.3 is 15.5 Å². The number of hydrogen-bond acceptors (Lipinski definition) is 3. The smallest absolute Gasteiger partial charge is 0.321 e. The number of urea groups is 1. The second-order valence-corrected chi connectivity index (χ2v) is 7.27. The van der Waals surface area contributed by atoms with Gasteiger partial charge in [0.2, 0.25) is 5.91 Å². The molecular weight excluding hydrogens is 386 g/mol. The van der Waals surface area contributed by atoms with Gasteiger partial charge >= 0.3 is 6.03 Å². The summed E-state index contributed by atoms with van der Waals surface area (Å²) in [7, 11) is 0. The van der Waals surface area contributed by atoms with Crippen LogP contribution >= 0.6 is 12.2 Å². The number of carbonyl (C=O) groups is 2. The highest BCUT2D eigenvalue weighted by atomic mass is 32.1. The number of carbonyl (C=O) groups excluding carboxylic acids is 2. The van der Waals surface area contributed by atoms with Crippen LogP contribution in [0.5, 0.6) is 0 Å². The SMILES string of the molecule is O=C(NNC(=S)NCc1ccccc1)C1CCCN(C(=O)Nc2ccccc2)C1. The molecule has 8 heteroatoms. The van der Waals surface area contributed by atoms with Crippen LogP contribution in [0.25, 0.3) is 0 Å². The Bertz CT molecular complexity index is 831. The summed E-state index contributed by atoms with van der Waals surface area (Å²) in [6.07, 6.45) is 1.50. The first-order valence-electron chi connectivity index (χ1n) is 9.60. The van der Waals surface area contributed by atoms with Crippen LogP contribution in [0.15, 0.2) is 60.7 Å². The van der Waals surface area contributed by atoms with Crippen LogP contribution < -0.4 is 21.5 Å². The van der Waals surface area contributed by atoms with Crippen LogP contribution in [0.2, 0.25) is 0 Å². The van der Waals surface area contributed by atoms with Gasteiger partial charge in [-0.05, 0) is 42.8 Å². The number of rotatable bonds is 4. The van der Waals surface area contributed by atoms with Gasteiger partial charge in [-0.15, -0.1) is 0 Å². The second-order valence-electron chi connectivity index (χ2n) is 6.86. The van der Waals surface area contributed by atoms with Crippen LogP contribution in [0.4, 0.5) is 10.5 Å². The number of likely N-dealkylation sites (tertiary alicyclic amines) is 1. The summed E-state index contributed by atoms with van der Waals surface area (Å²) < 4.78 is 0. The van der Waals surface area contributed by atoms with Crippen molar-refractivity contribution in [2.24, 2.45) is 5.92 Å². The zero-order chi connectivity index (χ0) is 20.5. The normalized spacial score (nSPS) is 15.9. The minimum Gasteiger partial charge on any atom is -0.357 e. The molecule has 1 atom stereocenters. The lowest BCUT2D eigenvalue weighted by molar-refractivity contribution is -0.126. The maximum Gasteiger partial charge on any atom is 0.321 e. The van der Waals surface area contributed by atoms with Crippen LogP contribution in [-0.4, -0.2) is 35.0 Å². The number of piperidine rings is 1. The van der Waals surface area contributed by atoms with E-state index in [1.807, 2.05) is 60.7 Å². The molecular formula is C21H25N5O2S. The second kappa shape index (κ2) is 10.4. The van der Waals surface area contributed by atoms with E-state index in [9.17, 15) is 9.59 Å². The van der Waals surface area contributed by atoms with Crippen LogP contribution in [0.3, 0.4) is 0 Å². The van der Waals surface area contributed by atoms with Crippen molar-refractivity contribution in [1.82, 2.24) is 21.1 Å². The molecule has 1 heterocycles. The van der Waals surface area contributed by atoms with Crippen molar-refractivity contribution < 1.29 is 9.59 Å². The van der Waals surface area contributed by atoms with Gasteiger partial charge in [0.1, 0.15) is 0 Å². The summed E-state index contributed by atoms with van der Waals surface area (Å²) in [4.78, 5) is 26.6. The Morgan fingerprint density at radius 2 is 1.69 bits per heavy atom. The number of nitrogens with zero attached hydrogens (tertiary/aromatic N) is 1. The quantitative estimate of drug-likeness (QED) is 0.459. The molecule has 29 heavy (non-hydrogen) atoms. The predicted molar refractivity (Wildman–Crippen MR) is 117 cm³/mol. The van der Waals surface area contributed by atoms with Gasteiger partial charge in [0, 0.05) is 25.3 Å². The molecule has 152 valence electrons. The lowest BCUT2D eigenvalue weighted by atomic mass is 9.98. The molecule has 1 unspecified atom stereocenters. The first-order chi connectivity index (χ1) is 14.1. The number of para-hydroxylation sites is 1. The first kappa shape index (κ1) is 20.6. The van der Waals surface area contributed by atoms with Crippen molar-refractivity contribution in [2.45, 2.75) is 19.4 Å². The molecule has 0 saturated carbocycles. The van der Waals surface area contributed by atoms with Gasteiger partial charge in [0.25, 0.3) is 0 Å². The number of anilines is 1. The van der Waals surface area contributed by atoms with E-state index in [0.717, 1.165) is 24.1 Å². The van der Waals surface area contributed by atoms with E-state index in [1.54, 1.807) is 4.90 Å². The van der Waals surface area contributed by atoms with E-state index in [1.165, 1.54) is 0 Å². The molecule has 1 aliphatic heterocycles. The number of thiocarbonyl (C=S) groups is 1. The highest BCUT2D eigenvalue weighted by molar-refractivity contribution is 7.80. The minimum atomic E-state index is -0.283. The molecule has 7 nitrogen and oxygen atoms in total. The molecule has 1 fully saturated rings. The van der Waals surface area contributed by atoms with Crippen molar-refractivity contribution >= 4 is 35.0 Å². The largest absolute Gasteiger partial charge is 0.357 e. The lowest BCUT2D eigenvalue weighted by Crippen LogP contribution is -2.52. The molecule has 3 rings (SSSR count). The molecule has 1 saturated heterocycles. The zero-order valence-electron chi connectivity index (χ0n) is 16.1. The van der Waals surface area contributed by atoms with E-state index in [4.69, 9.17) is 12.2 Å². The van der Waals surface area contributed by atoms with Gasteiger partial charge in [0.05, 0.1) is 5.92 Å². The van der Waals surface area contributed by atoms with Gasteiger partial charge in [-0.1, -0.05) is 48.5 Å². The lowest BCUT2D eigenvalue weighted by Gasteiger charge is -2.32. The third-order valence-electron chi connectivity index (χ3n) is 4.70. The number of benzene rings is 2. The van der Waals surface area contributed by atoms with Crippen molar-refractivity contribution in [3.8, 4) is 0 Å². The monoisotopic (exact) mass is 411 g/mol. The first-order valence-corrected chi connectivity index (χ1v) is 10.0. The fourth-order valence-electron chi connectivity index (χ4n) is 3.14. The summed E-state index contributed by atoms with van der Waals surface area (Å²) in [6.45, 7) is 1.57. The van der Waals surface area contributed by atoms with Gasteiger partial charge in [0.15, 0.2) is 5.11 Å². The summed E-state index contributed by atoms with van der Waals surface area (Å²) in [5, 5.41) is 6.25. The van der Waals surface area contributed by atoms with E-state index >= 15 is 0 Å². The van der Waals surface area contributed by atoms with E-state index < -0.39 is 0 Å². The van der Waals surface area contributed by atoms with Gasteiger partial charge in [-0.3, -0.25) is 15.6 Å². The Morgan fingerprint density at radius 3 is 2.41 bits per heavy atom. The Balaban J connectivity index is 1.42. The number of nitrogens with one attached hydrogen (secondary N) is 4. The summed E-state index contributed by atoms with van der Waals surface area (Å²) >= 11 is 5.20. The molecule has 0 aliphatic carbocycles. The summed E-state index contributed by atoms with van der Waals surface area (Å²) in [6, 6.07) is 18.9. The van der Waals surface area contributed by atoms with E-state index in [0.29, 0.717) is 24.7 Å². The van der Waals surface area contributed by atoms with Crippen LogP contribution in [-0.2, 0) is 11.3 Å². The highest BCUT2D eigenvalue weighted by Gasteiger charge is 2.28. The highest BCUT2D eigenvalue weighted by Crippen LogP contribution is 2.18. The molecule has 0 bridgehead atoms. The van der Waals surface area contributed by atoms with Crippen molar-refractivity contribution in [3.05, 3.63) is 66.2 Å². The van der Waals surface area contributed by atoms with Gasteiger partial charge in [-0.2, -0.15) is 0 Å². The van der Waals surface area contributed by atoms with Crippen LogP contribution in [0, 0.1) is 5.92 Å². The number of amides is 3. The maximum absolute atomic E-state index is 12.5. The third kappa shape index (κ3) is 6.46. The zero-order valence-corrected chi connectivity index (χ0v) is 16.9. The molecule has 2 aromatic carbocycles. The van der Waals surface area contributed by atoms with Crippen LogP contribution in [0.1, 0.15) is 18.4 Å². The summed E-state index contributed by atoms with van der Waals surface area (Å²) in [5.74, 6) is -0.458. The Hall–Kier alpha value is -3.13. The molecule has 0 radical (unpaired) electrons. The Morgan fingerprint density at radius 1 is 1.00 bits per heavy atom. The Kier molecular flexibility index (Phi) is 7.40. The number of hydrogen-bond donors (Lipinski definition) is 4. The average Bonchev–Trinajstić information content (AvgIpc) is 2.77. The van der Waals surface area contributed by atoms with Crippen molar-refractivity contribution in [3.63, 3.8) is 0 Å². The third-order valence-corrected chi connectivity index (χ3v) is 4.95. The van der Waals surface area contributed by atoms with Crippen molar-refractivity contribution in [2.75, 3.05) is 18.4 Å². The molecule has 0 spiro atoms. The Labute approximate surface area is 175 Å². The fraction of sp³-hybridized carbons (Fsp3) is 0.286. The standard InChI is InChI=1S/C21H25N5O2S/c27-19(24-25-20(29)22-14-16-8-3-1-4-9-16)17-10-7-13-26(15-17)21(28)23-18-11-5-2-6-12-18/h1-6,8-9,11-12,17H,7,10,13-15H2,(H,23,28)(H,24,27)(H2,22,25,29). The molecule has 4 N–H and O–H groups in total. The maximum atomic E-state index is 12.5. The summed E-state index contributed by atoms with van der Waals surface area (Å²) in [5.41, 5.74) is 7.21. The minimum absolute atomic E-state index is 0.175. The predicted octanol–water partition coefficient (Wildman–Crippen LogP) is 2.63. The molecule has 3 amide bonds. The topological polar surface area (TPSA) is 85.5 Å².